The minimum Gasteiger partial charge on any atom is -0.469 e. The summed E-state index contributed by atoms with van der Waals surface area (Å²) in [6, 6.07) is 0.231. The van der Waals surface area contributed by atoms with Crippen molar-refractivity contribution in [3.63, 3.8) is 0 Å². The van der Waals surface area contributed by atoms with Crippen molar-refractivity contribution in [2.75, 3.05) is 39.8 Å². The molecule has 0 saturated carbocycles. The Labute approximate surface area is 119 Å². The minimum absolute atomic E-state index is 0.0709. The SMILES string of the molecule is CCN(CC)CCCN(CC)C(C)C(C)C(=O)OC. The van der Waals surface area contributed by atoms with Crippen LogP contribution in [0.25, 0.3) is 0 Å². The largest absolute Gasteiger partial charge is 0.469 e. The van der Waals surface area contributed by atoms with E-state index in [-0.39, 0.29) is 17.9 Å². The standard InChI is InChI=1S/C15H32N2O2/c1-7-16(8-2)11-10-12-17(9-3)14(5)13(4)15(18)19-6/h13-14H,7-12H2,1-6H3. The maximum Gasteiger partial charge on any atom is 0.309 e. The Bertz CT molecular complexity index is 242. The summed E-state index contributed by atoms with van der Waals surface area (Å²) in [5.41, 5.74) is 0. The van der Waals surface area contributed by atoms with Gasteiger partial charge in [0.2, 0.25) is 0 Å². The first-order valence-corrected chi connectivity index (χ1v) is 7.55. The molecule has 0 aromatic rings. The molecule has 114 valence electrons. The molecule has 0 fully saturated rings. The maximum absolute atomic E-state index is 11.6. The highest BCUT2D eigenvalue weighted by atomic mass is 16.5. The molecule has 0 aliphatic heterocycles. The highest BCUT2D eigenvalue weighted by Crippen LogP contribution is 2.13. The van der Waals surface area contributed by atoms with Gasteiger partial charge >= 0.3 is 5.97 Å². The van der Waals surface area contributed by atoms with Crippen LogP contribution >= 0.6 is 0 Å². The Hall–Kier alpha value is -0.610. The van der Waals surface area contributed by atoms with Crippen molar-refractivity contribution in [2.45, 2.75) is 47.1 Å². The molecule has 0 bridgehead atoms. The van der Waals surface area contributed by atoms with E-state index < -0.39 is 0 Å². The number of carbonyl (C=O) groups is 1. The summed E-state index contributed by atoms with van der Waals surface area (Å²) in [6.45, 7) is 16.0. The highest BCUT2D eigenvalue weighted by molar-refractivity contribution is 5.72. The van der Waals surface area contributed by atoms with Crippen LogP contribution in [0.5, 0.6) is 0 Å². The Morgan fingerprint density at radius 2 is 1.63 bits per heavy atom. The molecule has 2 atom stereocenters. The van der Waals surface area contributed by atoms with Gasteiger partial charge in [-0.3, -0.25) is 4.79 Å². The molecule has 19 heavy (non-hydrogen) atoms. The smallest absolute Gasteiger partial charge is 0.309 e. The average Bonchev–Trinajstić information content (AvgIpc) is 2.45. The van der Waals surface area contributed by atoms with Crippen LogP contribution in [0.2, 0.25) is 0 Å². The van der Waals surface area contributed by atoms with E-state index >= 15 is 0 Å². The van der Waals surface area contributed by atoms with Crippen molar-refractivity contribution in [1.82, 2.24) is 9.80 Å². The summed E-state index contributed by atoms with van der Waals surface area (Å²) >= 11 is 0. The Morgan fingerprint density at radius 1 is 1.05 bits per heavy atom. The third kappa shape index (κ3) is 6.39. The van der Waals surface area contributed by atoms with Crippen molar-refractivity contribution in [3.05, 3.63) is 0 Å². The molecule has 4 heteroatoms. The fourth-order valence-corrected chi connectivity index (χ4v) is 2.39. The fourth-order valence-electron chi connectivity index (χ4n) is 2.39. The fraction of sp³-hybridized carbons (Fsp3) is 0.933. The number of hydrogen-bond acceptors (Lipinski definition) is 4. The van der Waals surface area contributed by atoms with Crippen LogP contribution < -0.4 is 0 Å². The van der Waals surface area contributed by atoms with E-state index in [2.05, 4.69) is 37.5 Å². The number of rotatable bonds is 10. The average molecular weight is 272 g/mol. The first-order chi connectivity index (χ1) is 9.01. The molecule has 4 nitrogen and oxygen atoms in total. The predicted molar refractivity (Wildman–Crippen MR) is 80.3 cm³/mol. The molecule has 0 rings (SSSR count). The van der Waals surface area contributed by atoms with Crippen LogP contribution in [0.1, 0.15) is 41.0 Å². The lowest BCUT2D eigenvalue weighted by Gasteiger charge is -2.31. The number of nitrogens with zero attached hydrogens (tertiary/aromatic N) is 2. The van der Waals surface area contributed by atoms with Crippen LogP contribution in [0.3, 0.4) is 0 Å². The minimum atomic E-state index is -0.116. The first kappa shape index (κ1) is 18.4. The lowest BCUT2D eigenvalue weighted by Crippen LogP contribution is -2.42. The van der Waals surface area contributed by atoms with Gasteiger partial charge in [-0.25, -0.2) is 0 Å². The van der Waals surface area contributed by atoms with Gasteiger partial charge in [0.05, 0.1) is 13.0 Å². The number of esters is 1. The van der Waals surface area contributed by atoms with E-state index in [1.54, 1.807) is 0 Å². The van der Waals surface area contributed by atoms with Gasteiger partial charge in [0.25, 0.3) is 0 Å². The van der Waals surface area contributed by atoms with E-state index in [4.69, 9.17) is 4.74 Å². The van der Waals surface area contributed by atoms with Gasteiger partial charge < -0.3 is 14.5 Å². The molecule has 0 aromatic heterocycles. The zero-order valence-corrected chi connectivity index (χ0v) is 13.6. The van der Waals surface area contributed by atoms with Crippen LogP contribution in [-0.2, 0) is 9.53 Å². The first-order valence-electron chi connectivity index (χ1n) is 7.55. The zero-order valence-electron chi connectivity index (χ0n) is 13.6. The van der Waals surface area contributed by atoms with Gasteiger partial charge in [0.1, 0.15) is 0 Å². The molecular formula is C15H32N2O2. The topological polar surface area (TPSA) is 32.8 Å². The molecule has 0 aliphatic carbocycles. The second-order valence-electron chi connectivity index (χ2n) is 5.06. The summed E-state index contributed by atoms with van der Waals surface area (Å²) in [4.78, 5) is 16.4. The number of methoxy groups -OCH3 is 1. The molecular weight excluding hydrogens is 240 g/mol. The monoisotopic (exact) mass is 272 g/mol. The van der Waals surface area contributed by atoms with Gasteiger partial charge in [0, 0.05) is 6.04 Å². The summed E-state index contributed by atoms with van der Waals surface area (Å²) in [6.07, 6.45) is 1.15. The highest BCUT2D eigenvalue weighted by Gasteiger charge is 2.25. The third-order valence-corrected chi connectivity index (χ3v) is 4.09. The Kier molecular flexibility index (Phi) is 9.88. The third-order valence-electron chi connectivity index (χ3n) is 4.09. The summed E-state index contributed by atoms with van der Waals surface area (Å²) in [7, 11) is 1.46. The molecule has 2 unspecified atom stereocenters. The molecule has 0 aliphatic rings. The van der Waals surface area contributed by atoms with E-state index in [1.807, 2.05) is 6.92 Å². The van der Waals surface area contributed by atoms with Gasteiger partial charge in [-0.15, -0.1) is 0 Å². The predicted octanol–water partition coefficient (Wildman–Crippen LogP) is 2.24. The van der Waals surface area contributed by atoms with Crippen LogP contribution in [0, 0.1) is 5.92 Å². The van der Waals surface area contributed by atoms with E-state index in [1.165, 1.54) is 7.11 Å². The molecule has 0 amide bonds. The molecule has 0 N–H and O–H groups in total. The van der Waals surface area contributed by atoms with Crippen LogP contribution in [0.15, 0.2) is 0 Å². The van der Waals surface area contributed by atoms with Gasteiger partial charge in [0.15, 0.2) is 0 Å². The second kappa shape index (κ2) is 10.2. The summed E-state index contributed by atoms with van der Waals surface area (Å²) in [5, 5.41) is 0. The number of hydrogen-bond donors (Lipinski definition) is 0. The Morgan fingerprint density at radius 3 is 2.05 bits per heavy atom. The summed E-state index contributed by atoms with van der Waals surface area (Å²) < 4.78 is 4.83. The normalized spacial score (nSPS) is 14.7. The second-order valence-corrected chi connectivity index (χ2v) is 5.06. The Balaban J connectivity index is 4.22. The van der Waals surface area contributed by atoms with E-state index in [0.717, 1.165) is 39.1 Å². The van der Waals surface area contributed by atoms with E-state index in [0.29, 0.717) is 0 Å². The lowest BCUT2D eigenvalue weighted by molar-refractivity contribution is -0.147. The van der Waals surface area contributed by atoms with Crippen molar-refractivity contribution < 1.29 is 9.53 Å². The molecule has 0 aromatic carbocycles. The van der Waals surface area contributed by atoms with Crippen molar-refractivity contribution in [1.29, 1.82) is 0 Å². The van der Waals surface area contributed by atoms with Crippen LogP contribution in [0.4, 0.5) is 0 Å². The van der Waals surface area contributed by atoms with Crippen molar-refractivity contribution in [2.24, 2.45) is 5.92 Å². The van der Waals surface area contributed by atoms with Gasteiger partial charge in [-0.1, -0.05) is 27.7 Å². The van der Waals surface area contributed by atoms with Gasteiger partial charge in [-0.2, -0.15) is 0 Å². The maximum atomic E-state index is 11.6. The molecule has 0 radical (unpaired) electrons. The number of ether oxygens (including phenoxy) is 1. The molecule has 0 heterocycles. The van der Waals surface area contributed by atoms with Crippen molar-refractivity contribution in [3.8, 4) is 0 Å². The van der Waals surface area contributed by atoms with Crippen molar-refractivity contribution >= 4 is 5.97 Å². The van der Waals surface area contributed by atoms with E-state index in [9.17, 15) is 4.79 Å². The zero-order chi connectivity index (χ0) is 14.8. The lowest BCUT2D eigenvalue weighted by atomic mass is 10.0. The molecule has 0 spiro atoms. The number of carbonyl (C=O) groups excluding carboxylic acids is 1. The quantitative estimate of drug-likeness (QED) is 0.571. The van der Waals surface area contributed by atoms with Crippen LogP contribution in [-0.4, -0.2) is 61.6 Å². The summed E-state index contributed by atoms with van der Waals surface area (Å²) in [5.74, 6) is -0.187. The molecule has 0 saturated heterocycles. The van der Waals surface area contributed by atoms with Gasteiger partial charge in [-0.05, 0) is 46.1 Å².